The number of rotatable bonds is 3. The monoisotopic (exact) mass is 386 g/mol. The second-order valence-electron chi connectivity index (χ2n) is 6.26. The lowest BCUT2D eigenvalue weighted by molar-refractivity contribution is 0.393. The number of nitrogens with zero attached hydrogens (tertiary/aromatic N) is 4. The second kappa shape index (κ2) is 6.41. The summed E-state index contributed by atoms with van der Waals surface area (Å²) in [5.41, 5.74) is 5.48. The molecule has 0 fully saturated rings. The van der Waals surface area contributed by atoms with E-state index in [0.29, 0.717) is 22.2 Å². The Morgan fingerprint density at radius 2 is 1.88 bits per heavy atom. The summed E-state index contributed by atoms with van der Waals surface area (Å²) in [5.74, 6) is 1.66. The van der Waals surface area contributed by atoms with Gasteiger partial charge >= 0.3 is 0 Å². The van der Waals surface area contributed by atoms with Crippen molar-refractivity contribution in [1.82, 2.24) is 19.7 Å². The van der Waals surface area contributed by atoms with Gasteiger partial charge in [0.1, 0.15) is 11.6 Å². The van der Waals surface area contributed by atoms with Crippen LogP contribution in [-0.4, -0.2) is 19.7 Å². The zero-order valence-corrected chi connectivity index (χ0v) is 16.1. The highest BCUT2D eigenvalue weighted by atomic mass is 35.5. The average molecular weight is 387 g/mol. The number of hydrogen-bond donors (Lipinski definition) is 0. The first-order valence-electron chi connectivity index (χ1n) is 8.14. The van der Waals surface area contributed by atoms with Crippen molar-refractivity contribution in [2.24, 2.45) is 0 Å². The first-order chi connectivity index (χ1) is 12.4. The second-order valence-corrected chi connectivity index (χ2v) is 7.07. The maximum absolute atomic E-state index is 6.15. The van der Waals surface area contributed by atoms with Crippen molar-refractivity contribution in [3.8, 4) is 11.1 Å². The van der Waals surface area contributed by atoms with Gasteiger partial charge in [-0.3, -0.25) is 0 Å². The highest BCUT2D eigenvalue weighted by Crippen LogP contribution is 2.29. The molecule has 4 aromatic rings. The minimum absolute atomic E-state index is 0.542. The molecule has 0 aliphatic rings. The van der Waals surface area contributed by atoms with Crippen LogP contribution in [0, 0.1) is 20.8 Å². The van der Waals surface area contributed by atoms with Crippen molar-refractivity contribution in [1.29, 1.82) is 0 Å². The van der Waals surface area contributed by atoms with Gasteiger partial charge in [0.2, 0.25) is 0 Å². The number of aromatic nitrogens is 4. The number of hydrogen-bond acceptors (Lipinski definition) is 4. The Kier molecular flexibility index (Phi) is 4.21. The number of imidazole rings is 1. The summed E-state index contributed by atoms with van der Waals surface area (Å²) in [4.78, 5) is 9.10. The van der Waals surface area contributed by atoms with Gasteiger partial charge < -0.3 is 9.09 Å². The number of aryl methyl sites for hydroxylation is 3. The zero-order valence-electron chi connectivity index (χ0n) is 14.5. The quantitative estimate of drug-likeness (QED) is 0.475. The van der Waals surface area contributed by atoms with Gasteiger partial charge in [-0.15, -0.1) is 0 Å². The Bertz CT molecular complexity index is 1110. The predicted molar refractivity (Wildman–Crippen MR) is 103 cm³/mol. The van der Waals surface area contributed by atoms with Crippen LogP contribution in [0.15, 0.2) is 35.0 Å². The van der Waals surface area contributed by atoms with E-state index in [1.54, 1.807) is 6.07 Å². The van der Waals surface area contributed by atoms with Crippen LogP contribution in [0.2, 0.25) is 10.0 Å². The highest BCUT2D eigenvalue weighted by molar-refractivity contribution is 6.42. The van der Waals surface area contributed by atoms with E-state index in [1.807, 2.05) is 39.1 Å². The molecule has 0 atom stereocenters. The van der Waals surface area contributed by atoms with Crippen LogP contribution in [0.3, 0.4) is 0 Å². The molecule has 1 aromatic carbocycles. The van der Waals surface area contributed by atoms with Crippen LogP contribution in [-0.2, 0) is 6.54 Å². The van der Waals surface area contributed by atoms with Gasteiger partial charge in [0.15, 0.2) is 5.65 Å². The van der Waals surface area contributed by atoms with Crippen LogP contribution in [0.25, 0.3) is 22.3 Å². The van der Waals surface area contributed by atoms with E-state index in [4.69, 9.17) is 27.7 Å². The van der Waals surface area contributed by atoms with E-state index in [-0.39, 0.29) is 0 Å². The fourth-order valence-corrected chi connectivity index (χ4v) is 3.49. The molecule has 0 amide bonds. The molecule has 132 valence electrons. The van der Waals surface area contributed by atoms with Gasteiger partial charge in [0, 0.05) is 23.9 Å². The SMILES string of the molecule is Cc1noc(C)c1-c1cnc2nc(C)n(Cc3ccc(Cl)c(Cl)c3)c2c1. The molecule has 0 bridgehead atoms. The molecule has 0 spiro atoms. The number of halogens is 2. The Morgan fingerprint density at radius 1 is 1.08 bits per heavy atom. The third-order valence-electron chi connectivity index (χ3n) is 4.44. The normalized spacial score (nSPS) is 11.4. The van der Waals surface area contributed by atoms with Crippen molar-refractivity contribution in [3.63, 3.8) is 0 Å². The van der Waals surface area contributed by atoms with E-state index in [1.165, 1.54) is 0 Å². The van der Waals surface area contributed by atoms with Gasteiger partial charge in [-0.05, 0) is 44.5 Å². The molecule has 0 aliphatic heterocycles. The molecule has 0 saturated heterocycles. The molecule has 26 heavy (non-hydrogen) atoms. The first kappa shape index (κ1) is 17.1. The van der Waals surface area contributed by atoms with Gasteiger partial charge in [-0.25, -0.2) is 9.97 Å². The molecule has 3 aromatic heterocycles. The predicted octanol–water partition coefficient (Wildman–Crippen LogP) is 5.37. The highest BCUT2D eigenvalue weighted by Gasteiger charge is 2.16. The van der Waals surface area contributed by atoms with Crippen molar-refractivity contribution in [3.05, 3.63) is 63.3 Å². The standard InChI is InChI=1S/C19H16Cl2N4O/c1-10-18(11(2)26-24-10)14-7-17-19(22-8-14)23-12(3)25(17)9-13-4-5-15(20)16(21)6-13/h4-8H,9H2,1-3H3. The van der Waals surface area contributed by atoms with E-state index in [2.05, 4.69) is 25.8 Å². The molecule has 5 nitrogen and oxygen atoms in total. The lowest BCUT2D eigenvalue weighted by atomic mass is 10.1. The summed E-state index contributed by atoms with van der Waals surface area (Å²) in [5, 5.41) is 5.12. The van der Waals surface area contributed by atoms with Crippen molar-refractivity contribution in [2.75, 3.05) is 0 Å². The zero-order chi connectivity index (χ0) is 18.4. The molecule has 0 aliphatic carbocycles. The first-order valence-corrected chi connectivity index (χ1v) is 8.89. The maximum atomic E-state index is 6.15. The fourth-order valence-electron chi connectivity index (χ4n) is 3.17. The number of pyridine rings is 1. The van der Waals surface area contributed by atoms with Gasteiger partial charge in [0.25, 0.3) is 0 Å². The molecule has 3 heterocycles. The molecular weight excluding hydrogens is 371 g/mol. The Balaban J connectivity index is 1.83. The van der Waals surface area contributed by atoms with E-state index < -0.39 is 0 Å². The third-order valence-corrected chi connectivity index (χ3v) is 5.18. The van der Waals surface area contributed by atoms with Crippen molar-refractivity contribution < 1.29 is 4.52 Å². The molecule has 4 rings (SSSR count). The van der Waals surface area contributed by atoms with Crippen LogP contribution in [0.1, 0.15) is 22.8 Å². The van der Waals surface area contributed by atoms with Crippen LogP contribution >= 0.6 is 23.2 Å². The van der Waals surface area contributed by atoms with E-state index in [0.717, 1.165) is 39.5 Å². The summed E-state index contributed by atoms with van der Waals surface area (Å²) in [7, 11) is 0. The molecule has 0 N–H and O–H groups in total. The Labute approximate surface area is 160 Å². The largest absolute Gasteiger partial charge is 0.361 e. The number of benzene rings is 1. The maximum Gasteiger partial charge on any atom is 0.177 e. The van der Waals surface area contributed by atoms with Crippen LogP contribution in [0.5, 0.6) is 0 Å². The van der Waals surface area contributed by atoms with Crippen LogP contribution in [0.4, 0.5) is 0 Å². The van der Waals surface area contributed by atoms with Gasteiger partial charge in [-0.1, -0.05) is 34.4 Å². The molecule has 7 heteroatoms. The van der Waals surface area contributed by atoms with Crippen molar-refractivity contribution >= 4 is 34.4 Å². The Morgan fingerprint density at radius 3 is 2.58 bits per heavy atom. The van der Waals surface area contributed by atoms with Gasteiger partial charge in [-0.2, -0.15) is 0 Å². The summed E-state index contributed by atoms with van der Waals surface area (Å²) in [6.45, 7) is 6.42. The van der Waals surface area contributed by atoms with E-state index >= 15 is 0 Å². The van der Waals surface area contributed by atoms with Crippen molar-refractivity contribution in [2.45, 2.75) is 27.3 Å². The Hall–Kier alpha value is -2.37. The smallest absolute Gasteiger partial charge is 0.177 e. The topological polar surface area (TPSA) is 56.7 Å². The molecule has 0 saturated carbocycles. The van der Waals surface area contributed by atoms with Gasteiger partial charge in [0.05, 0.1) is 21.3 Å². The lowest BCUT2D eigenvalue weighted by Crippen LogP contribution is -2.02. The summed E-state index contributed by atoms with van der Waals surface area (Å²) in [6.07, 6.45) is 1.81. The summed E-state index contributed by atoms with van der Waals surface area (Å²) in [6, 6.07) is 7.72. The molecule has 0 unspecified atom stereocenters. The average Bonchev–Trinajstić information content (AvgIpc) is 3.10. The van der Waals surface area contributed by atoms with E-state index in [9.17, 15) is 0 Å². The minimum Gasteiger partial charge on any atom is -0.361 e. The summed E-state index contributed by atoms with van der Waals surface area (Å²) >= 11 is 12.2. The molecular formula is C19H16Cl2N4O. The number of fused-ring (bicyclic) bond motifs is 1. The lowest BCUT2D eigenvalue weighted by Gasteiger charge is -2.09. The summed E-state index contributed by atoms with van der Waals surface area (Å²) < 4.78 is 7.40. The fraction of sp³-hybridized carbons (Fsp3) is 0.211. The third kappa shape index (κ3) is 2.87. The van der Waals surface area contributed by atoms with Crippen LogP contribution < -0.4 is 0 Å². The minimum atomic E-state index is 0.542. The molecule has 0 radical (unpaired) electrons.